The summed E-state index contributed by atoms with van der Waals surface area (Å²) in [5, 5.41) is 21.7. The Kier molecular flexibility index (Phi) is 5.78. The van der Waals surface area contributed by atoms with Gasteiger partial charge in [-0.3, -0.25) is 9.59 Å². The van der Waals surface area contributed by atoms with Crippen LogP contribution >= 0.6 is 0 Å². The van der Waals surface area contributed by atoms with Crippen LogP contribution in [-0.4, -0.2) is 72.1 Å². The first-order valence-electron chi connectivity index (χ1n) is 13.4. The number of aliphatic hydroxyl groups excluding tert-OH is 2. The summed E-state index contributed by atoms with van der Waals surface area (Å²) in [4.78, 5) is 25.8. The minimum absolute atomic E-state index is 0.00698. The first kappa shape index (κ1) is 26.9. The summed E-state index contributed by atoms with van der Waals surface area (Å²) >= 11 is 0. The Labute approximate surface area is 226 Å². The Hall–Kier alpha value is -2.27. The molecule has 6 rings (SSSR count). The third kappa shape index (κ3) is 3.14. The number of halogens is 2. The van der Waals surface area contributed by atoms with Crippen molar-refractivity contribution in [2.75, 3.05) is 19.7 Å². The molecule has 0 aromatic heterocycles. The number of nitrogens with zero attached hydrogens (tertiary/aromatic N) is 1. The zero-order chi connectivity index (χ0) is 28.2. The number of alkyl halides is 2. The average molecular weight is 562 g/mol. The Bertz CT molecular complexity index is 1410. The lowest BCUT2D eigenvalue weighted by Gasteiger charge is -2.63. The lowest BCUT2D eigenvalue weighted by molar-refractivity contribution is -0.211. The standard InChI is InChI=1S/C29H33F2NO6S/c1-26-9-8-18(34)11-22(26)23(30)12-21-20-10-17-14-32(39(37,38)19-6-4-3-5-7-19)16-28(17,25(36)15-33)27(20,2)13-24(35)29(21,26)31/h3-9,11,17,20-21,23-24,33,35H,10,12-16H2,1-2H3/t17-,20?,21-,23-,24-,26-,27-,28+,29-/m0/s1. The molecule has 4 aliphatic carbocycles. The molecule has 0 bridgehead atoms. The fraction of sp³-hybridized carbons (Fsp3) is 0.586. The number of rotatable bonds is 4. The molecule has 0 spiro atoms. The Morgan fingerprint density at radius 1 is 1.15 bits per heavy atom. The van der Waals surface area contributed by atoms with Gasteiger partial charge >= 0.3 is 0 Å². The van der Waals surface area contributed by atoms with Crippen LogP contribution in [0.15, 0.2) is 59.0 Å². The zero-order valence-electron chi connectivity index (χ0n) is 21.9. The highest BCUT2D eigenvalue weighted by Crippen LogP contribution is 2.74. The average Bonchev–Trinajstić information content (AvgIpc) is 3.41. The van der Waals surface area contributed by atoms with Crippen LogP contribution in [0.25, 0.3) is 0 Å². The van der Waals surface area contributed by atoms with Crippen molar-refractivity contribution >= 4 is 21.6 Å². The van der Waals surface area contributed by atoms with Crippen LogP contribution in [0.4, 0.5) is 8.78 Å². The maximum absolute atomic E-state index is 17.5. The molecular weight excluding hydrogens is 528 g/mol. The van der Waals surface area contributed by atoms with Gasteiger partial charge in [0.2, 0.25) is 10.0 Å². The molecule has 4 fully saturated rings. The van der Waals surface area contributed by atoms with Gasteiger partial charge in [0.25, 0.3) is 0 Å². The molecule has 10 heteroatoms. The summed E-state index contributed by atoms with van der Waals surface area (Å²) in [5.74, 6) is -3.02. The summed E-state index contributed by atoms with van der Waals surface area (Å²) in [5.41, 5.74) is -6.27. The normalized spacial score (nSPS) is 45.2. The molecule has 1 saturated heterocycles. The molecule has 5 aliphatic rings. The van der Waals surface area contributed by atoms with Gasteiger partial charge in [-0.05, 0) is 73.3 Å². The molecule has 1 unspecified atom stereocenters. The van der Waals surface area contributed by atoms with Crippen molar-refractivity contribution in [1.29, 1.82) is 0 Å². The molecule has 9 atom stereocenters. The third-order valence-corrected chi connectivity index (χ3v) is 13.0. The van der Waals surface area contributed by atoms with E-state index in [0.717, 1.165) is 6.08 Å². The van der Waals surface area contributed by atoms with Crippen molar-refractivity contribution in [1.82, 2.24) is 4.31 Å². The molecule has 2 N–H and O–H groups in total. The van der Waals surface area contributed by atoms with Crippen molar-refractivity contribution in [2.45, 2.75) is 55.9 Å². The van der Waals surface area contributed by atoms with Crippen molar-refractivity contribution in [3.63, 3.8) is 0 Å². The Morgan fingerprint density at radius 3 is 2.51 bits per heavy atom. The second kappa shape index (κ2) is 8.38. The number of ketones is 2. The number of carbonyl (C=O) groups is 2. The smallest absolute Gasteiger partial charge is 0.243 e. The van der Waals surface area contributed by atoms with Crippen LogP contribution in [0.3, 0.4) is 0 Å². The van der Waals surface area contributed by atoms with Crippen molar-refractivity contribution in [2.24, 2.45) is 34.0 Å². The van der Waals surface area contributed by atoms with E-state index in [4.69, 9.17) is 0 Å². The zero-order valence-corrected chi connectivity index (χ0v) is 22.7. The lowest BCUT2D eigenvalue weighted by atomic mass is 9.43. The predicted octanol–water partition coefficient (Wildman–Crippen LogP) is 2.78. The molecular formula is C29H33F2NO6S. The minimum atomic E-state index is -3.96. The first-order chi connectivity index (χ1) is 18.3. The number of hydrogen-bond acceptors (Lipinski definition) is 6. The van der Waals surface area contributed by atoms with Crippen molar-refractivity contribution in [3.8, 4) is 0 Å². The second-order valence-corrected chi connectivity index (χ2v) is 14.4. The number of fused-ring (bicyclic) bond motifs is 7. The fourth-order valence-electron chi connectivity index (χ4n) is 9.30. The number of hydrogen-bond donors (Lipinski definition) is 2. The van der Waals surface area contributed by atoms with E-state index >= 15 is 8.78 Å². The highest BCUT2D eigenvalue weighted by molar-refractivity contribution is 7.89. The number of Topliss-reactive ketones (excluding diaryl/α,β-unsaturated/α-hetero) is 1. The van der Waals surface area contributed by atoms with Crippen LogP contribution < -0.4 is 0 Å². The van der Waals surface area contributed by atoms with Crippen LogP contribution in [0.5, 0.6) is 0 Å². The van der Waals surface area contributed by atoms with E-state index in [1.807, 2.05) is 0 Å². The maximum atomic E-state index is 17.5. The first-order valence-corrected chi connectivity index (χ1v) is 14.9. The van der Waals surface area contributed by atoms with Gasteiger partial charge in [0.05, 0.1) is 16.4 Å². The summed E-state index contributed by atoms with van der Waals surface area (Å²) in [6.45, 7) is 2.28. The topological polar surface area (TPSA) is 112 Å². The van der Waals surface area contributed by atoms with Gasteiger partial charge in [0, 0.05) is 24.4 Å². The number of carbonyl (C=O) groups excluding carboxylic acids is 2. The molecule has 1 aromatic carbocycles. The number of allylic oxidation sites excluding steroid dienone is 4. The predicted molar refractivity (Wildman–Crippen MR) is 137 cm³/mol. The SMILES string of the molecule is C[C@]12C=CC(=O)C=C1[C@@H](F)C[C@H]1C3C[C@H]4CN(S(=O)(=O)c5ccccc5)C[C@@]4(C(=O)CO)[C@@]3(C)C[C@H](O)[C@@]12F. The third-order valence-electron chi connectivity index (χ3n) is 11.1. The second-order valence-electron chi connectivity index (χ2n) is 12.5. The highest BCUT2D eigenvalue weighted by Gasteiger charge is 2.78. The Morgan fingerprint density at radius 2 is 1.85 bits per heavy atom. The summed E-state index contributed by atoms with van der Waals surface area (Å²) in [7, 11) is -3.96. The Balaban J connectivity index is 1.45. The van der Waals surface area contributed by atoms with Gasteiger partial charge in [-0.25, -0.2) is 17.2 Å². The molecule has 210 valence electrons. The highest BCUT2D eigenvalue weighted by atomic mass is 32.2. The lowest BCUT2D eigenvalue weighted by Crippen LogP contribution is -2.69. The van der Waals surface area contributed by atoms with Crippen molar-refractivity contribution < 1.29 is 37.0 Å². The van der Waals surface area contributed by atoms with E-state index in [9.17, 15) is 28.2 Å². The van der Waals surface area contributed by atoms with Gasteiger partial charge in [-0.2, -0.15) is 4.31 Å². The fourth-order valence-corrected chi connectivity index (χ4v) is 10.9. The molecule has 39 heavy (non-hydrogen) atoms. The maximum Gasteiger partial charge on any atom is 0.243 e. The van der Waals surface area contributed by atoms with Crippen LogP contribution in [-0.2, 0) is 19.6 Å². The summed E-state index contributed by atoms with van der Waals surface area (Å²) in [6.07, 6.45) is 0.357. The minimum Gasteiger partial charge on any atom is -0.390 e. The van der Waals surface area contributed by atoms with E-state index in [-0.39, 0.29) is 42.8 Å². The van der Waals surface area contributed by atoms with E-state index in [1.165, 1.54) is 35.5 Å². The van der Waals surface area contributed by atoms with Crippen molar-refractivity contribution in [3.05, 3.63) is 54.1 Å². The molecule has 1 heterocycles. The van der Waals surface area contributed by atoms with E-state index in [1.54, 1.807) is 25.1 Å². The molecule has 0 radical (unpaired) electrons. The molecule has 1 aromatic rings. The largest absolute Gasteiger partial charge is 0.390 e. The number of aliphatic hydroxyl groups is 2. The quantitative estimate of drug-likeness (QED) is 0.585. The van der Waals surface area contributed by atoms with Gasteiger partial charge in [0.1, 0.15) is 12.8 Å². The van der Waals surface area contributed by atoms with Gasteiger partial charge in [-0.1, -0.05) is 31.2 Å². The number of benzene rings is 1. The van der Waals surface area contributed by atoms with E-state index in [2.05, 4.69) is 0 Å². The van der Waals surface area contributed by atoms with Gasteiger partial charge in [-0.15, -0.1) is 0 Å². The molecule has 1 aliphatic heterocycles. The van der Waals surface area contributed by atoms with Gasteiger partial charge < -0.3 is 10.2 Å². The summed E-state index contributed by atoms with van der Waals surface area (Å²) in [6, 6.07) is 7.89. The number of sulfonamides is 1. The van der Waals surface area contributed by atoms with E-state index < -0.39 is 80.1 Å². The molecule has 0 amide bonds. The van der Waals surface area contributed by atoms with Gasteiger partial charge in [0.15, 0.2) is 17.2 Å². The van der Waals surface area contributed by atoms with Crippen LogP contribution in [0.1, 0.15) is 33.1 Å². The monoisotopic (exact) mass is 561 g/mol. The molecule has 7 nitrogen and oxygen atoms in total. The van der Waals surface area contributed by atoms with E-state index in [0.29, 0.717) is 0 Å². The molecule has 3 saturated carbocycles. The van der Waals surface area contributed by atoms with Crippen LogP contribution in [0.2, 0.25) is 0 Å². The summed E-state index contributed by atoms with van der Waals surface area (Å²) < 4.78 is 61.5. The van der Waals surface area contributed by atoms with Crippen LogP contribution in [0, 0.1) is 34.0 Å².